The molecule has 1 aliphatic carbocycles. The van der Waals surface area contributed by atoms with Crippen molar-refractivity contribution in [3.8, 4) is 0 Å². The maximum Gasteiger partial charge on any atom is 0.000672 e. The van der Waals surface area contributed by atoms with Gasteiger partial charge >= 0.3 is 0 Å². The van der Waals surface area contributed by atoms with E-state index in [0.717, 1.165) is 18.4 Å². The van der Waals surface area contributed by atoms with E-state index in [4.69, 9.17) is 5.73 Å². The van der Waals surface area contributed by atoms with Gasteiger partial charge < -0.3 is 10.6 Å². The van der Waals surface area contributed by atoms with Crippen molar-refractivity contribution in [2.24, 2.45) is 17.6 Å². The summed E-state index contributed by atoms with van der Waals surface area (Å²) in [6.07, 6.45) is 8.30. The van der Waals surface area contributed by atoms with E-state index < -0.39 is 0 Å². The summed E-state index contributed by atoms with van der Waals surface area (Å²) in [5.74, 6) is 1.79. The summed E-state index contributed by atoms with van der Waals surface area (Å²) in [5, 5.41) is 0. The quantitative estimate of drug-likeness (QED) is 0.702. The summed E-state index contributed by atoms with van der Waals surface area (Å²) in [5.41, 5.74) is 5.53. The second kappa shape index (κ2) is 7.24. The Labute approximate surface area is 95.2 Å². The average Bonchev–Trinajstić information content (AvgIpc) is 2.67. The SMILES string of the molecule is CC(CCCN)CN(C)CC1CCCC1. The molecular weight excluding hydrogens is 184 g/mol. The Bertz CT molecular complexity index is 153. The predicted molar refractivity (Wildman–Crippen MR) is 66.9 cm³/mol. The van der Waals surface area contributed by atoms with Crippen molar-refractivity contribution < 1.29 is 0 Å². The molecule has 15 heavy (non-hydrogen) atoms. The van der Waals surface area contributed by atoms with Gasteiger partial charge in [-0.25, -0.2) is 0 Å². The molecule has 2 heteroatoms. The largest absolute Gasteiger partial charge is 0.330 e. The van der Waals surface area contributed by atoms with Crippen molar-refractivity contribution in [3.63, 3.8) is 0 Å². The van der Waals surface area contributed by atoms with Crippen LogP contribution in [0.2, 0.25) is 0 Å². The van der Waals surface area contributed by atoms with Crippen molar-refractivity contribution >= 4 is 0 Å². The number of nitrogens with two attached hydrogens (primary N) is 1. The number of nitrogens with zero attached hydrogens (tertiary/aromatic N) is 1. The van der Waals surface area contributed by atoms with E-state index in [1.807, 2.05) is 0 Å². The molecule has 0 heterocycles. The molecule has 1 aliphatic rings. The van der Waals surface area contributed by atoms with Crippen LogP contribution in [0.4, 0.5) is 0 Å². The van der Waals surface area contributed by atoms with Crippen LogP contribution >= 0.6 is 0 Å². The van der Waals surface area contributed by atoms with Crippen LogP contribution in [0.15, 0.2) is 0 Å². The van der Waals surface area contributed by atoms with E-state index in [1.54, 1.807) is 0 Å². The second-order valence-corrected chi connectivity index (χ2v) is 5.41. The molecule has 2 N–H and O–H groups in total. The van der Waals surface area contributed by atoms with Crippen LogP contribution in [-0.4, -0.2) is 31.6 Å². The summed E-state index contributed by atoms with van der Waals surface area (Å²) in [6.45, 7) is 5.75. The Morgan fingerprint density at radius 1 is 1.33 bits per heavy atom. The van der Waals surface area contributed by atoms with Gasteiger partial charge in [-0.05, 0) is 51.1 Å². The zero-order valence-electron chi connectivity index (χ0n) is 10.5. The van der Waals surface area contributed by atoms with E-state index in [9.17, 15) is 0 Å². The van der Waals surface area contributed by atoms with E-state index in [1.165, 1.54) is 51.6 Å². The molecule has 0 aromatic heterocycles. The Morgan fingerprint density at radius 2 is 2.00 bits per heavy atom. The first kappa shape index (κ1) is 13.0. The second-order valence-electron chi connectivity index (χ2n) is 5.41. The molecule has 1 unspecified atom stereocenters. The van der Waals surface area contributed by atoms with Crippen molar-refractivity contribution in [1.82, 2.24) is 4.90 Å². The molecule has 1 fully saturated rings. The van der Waals surface area contributed by atoms with Crippen LogP contribution in [0.1, 0.15) is 45.4 Å². The van der Waals surface area contributed by atoms with Gasteiger partial charge in [0.2, 0.25) is 0 Å². The summed E-state index contributed by atoms with van der Waals surface area (Å²) in [4.78, 5) is 2.52. The summed E-state index contributed by atoms with van der Waals surface area (Å²) >= 11 is 0. The van der Waals surface area contributed by atoms with Gasteiger partial charge in [-0.1, -0.05) is 19.8 Å². The first-order valence-corrected chi connectivity index (χ1v) is 6.61. The van der Waals surface area contributed by atoms with E-state index in [-0.39, 0.29) is 0 Å². The third-order valence-electron chi connectivity index (χ3n) is 3.57. The first-order valence-electron chi connectivity index (χ1n) is 6.61. The Hall–Kier alpha value is -0.0800. The summed E-state index contributed by atoms with van der Waals surface area (Å²) in [6, 6.07) is 0. The number of hydrogen-bond acceptors (Lipinski definition) is 2. The molecule has 2 nitrogen and oxygen atoms in total. The van der Waals surface area contributed by atoms with Crippen molar-refractivity contribution in [1.29, 1.82) is 0 Å². The summed E-state index contributed by atoms with van der Waals surface area (Å²) in [7, 11) is 2.28. The minimum atomic E-state index is 0.806. The molecule has 90 valence electrons. The highest BCUT2D eigenvalue weighted by molar-refractivity contribution is 4.71. The molecule has 0 bridgehead atoms. The van der Waals surface area contributed by atoms with Crippen LogP contribution in [0.25, 0.3) is 0 Å². The Balaban J connectivity index is 2.08. The normalized spacial score (nSPS) is 20.0. The van der Waals surface area contributed by atoms with Crippen molar-refractivity contribution in [2.75, 3.05) is 26.7 Å². The zero-order valence-corrected chi connectivity index (χ0v) is 10.5. The monoisotopic (exact) mass is 212 g/mol. The molecule has 1 rings (SSSR count). The number of rotatable bonds is 7. The van der Waals surface area contributed by atoms with Gasteiger partial charge in [0, 0.05) is 13.1 Å². The first-order chi connectivity index (χ1) is 7.22. The molecule has 0 radical (unpaired) electrons. The maximum atomic E-state index is 5.53. The van der Waals surface area contributed by atoms with E-state index >= 15 is 0 Å². The number of hydrogen-bond donors (Lipinski definition) is 1. The molecule has 0 aliphatic heterocycles. The summed E-state index contributed by atoms with van der Waals surface area (Å²) < 4.78 is 0. The van der Waals surface area contributed by atoms with E-state index in [0.29, 0.717) is 0 Å². The lowest BCUT2D eigenvalue weighted by molar-refractivity contribution is 0.239. The van der Waals surface area contributed by atoms with Gasteiger partial charge in [-0.15, -0.1) is 0 Å². The van der Waals surface area contributed by atoms with Gasteiger partial charge in [0.1, 0.15) is 0 Å². The zero-order chi connectivity index (χ0) is 11.1. The minimum Gasteiger partial charge on any atom is -0.330 e. The van der Waals surface area contributed by atoms with Gasteiger partial charge in [0.25, 0.3) is 0 Å². The fourth-order valence-corrected chi connectivity index (χ4v) is 2.80. The smallest absolute Gasteiger partial charge is 0.000672 e. The Morgan fingerprint density at radius 3 is 2.60 bits per heavy atom. The lowest BCUT2D eigenvalue weighted by Gasteiger charge is -2.24. The molecule has 1 atom stereocenters. The van der Waals surface area contributed by atoms with Crippen LogP contribution in [-0.2, 0) is 0 Å². The highest BCUT2D eigenvalue weighted by Crippen LogP contribution is 2.25. The molecular formula is C13H28N2. The van der Waals surface area contributed by atoms with Crippen LogP contribution in [0.3, 0.4) is 0 Å². The minimum absolute atomic E-state index is 0.806. The topological polar surface area (TPSA) is 29.3 Å². The van der Waals surface area contributed by atoms with Gasteiger partial charge in [-0.3, -0.25) is 0 Å². The lowest BCUT2D eigenvalue weighted by atomic mass is 10.0. The maximum absolute atomic E-state index is 5.53. The molecule has 0 aromatic rings. The van der Waals surface area contributed by atoms with Crippen LogP contribution in [0, 0.1) is 11.8 Å². The molecule has 1 saturated carbocycles. The predicted octanol–water partition coefficient (Wildman–Crippen LogP) is 2.48. The molecule has 0 spiro atoms. The lowest BCUT2D eigenvalue weighted by Crippen LogP contribution is -2.29. The van der Waals surface area contributed by atoms with Gasteiger partial charge in [0.05, 0.1) is 0 Å². The van der Waals surface area contributed by atoms with Crippen LogP contribution < -0.4 is 5.73 Å². The van der Waals surface area contributed by atoms with Gasteiger partial charge in [-0.2, -0.15) is 0 Å². The third kappa shape index (κ3) is 5.53. The van der Waals surface area contributed by atoms with Crippen molar-refractivity contribution in [3.05, 3.63) is 0 Å². The fraction of sp³-hybridized carbons (Fsp3) is 1.00. The van der Waals surface area contributed by atoms with Crippen LogP contribution in [0.5, 0.6) is 0 Å². The fourth-order valence-electron chi connectivity index (χ4n) is 2.80. The third-order valence-corrected chi connectivity index (χ3v) is 3.57. The standard InChI is InChI=1S/C13H28N2/c1-12(6-5-9-14)10-15(2)11-13-7-3-4-8-13/h12-13H,3-11,14H2,1-2H3. The van der Waals surface area contributed by atoms with E-state index in [2.05, 4.69) is 18.9 Å². The van der Waals surface area contributed by atoms with Crippen molar-refractivity contribution in [2.45, 2.75) is 45.4 Å². The highest BCUT2D eigenvalue weighted by atomic mass is 15.1. The molecule has 0 saturated heterocycles. The molecule has 0 amide bonds. The molecule has 0 aromatic carbocycles. The van der Waals surface area contributed by atoms with Gasteiger partial charge in [0.15, 0.2) is 0 Å². The Kier molecular flexibility index (Phi) is 6.26. The highest BCUT2D eigenvalue weighted by Gasteiger charge is 2.17. The average molecular weight is 212 g/mol.